The van der Waals surface area contributed by atoms with E-state index in [1.165, 1.54) is 0 Å². The van der Waals surface area contributed by atoms with Crippen LogP contribution in [-0.4, -0.2) is 33.3 Å². The number of halogens is 1. The molecule has 3 aromatic rings. The summed E-state index contributed by atoms with van der Waals surface area (Å²) < 4.78 is 13.4. The minimum Gasteiger partial charge on any atom is -0.467 e. The molecule has 0 aliphatic rings. The van der Waals surface area contributed by atoms with Crippen molar-refractivity contribution in [2.24, 2.45) is 10.8 Å². The van der Waals surface area contributed by atoms with Gasteiger partial charge in [-0.05, 0) is 56.2 Å². The van der Waals surface area contributed by atoms with Crippen LogP contribution < -0.4 is 4.74 Å². The van der Waals surface area contributed by atoms with Gasteiger partial charge in [-0.2, -0.15) is 0 Å². The van der Waals surface area contributed by atoms with E-state index in [0.29, 0.717) is 10.8 Å². The lowest BCUT2D eigenvalue weighted by Crippen LogP contribution is -2.43. The summed E-state index contributed by atoms with van der Waals surface area (Å²) in [5.74, 6) is 0.272. The normalized spacial score (nSPS) is 13.9. The average Bonchev–Trinajstić information content (AvgIpc) is 3.30. The van der Waals surface area contributed by atoms with Gasteiger partial charge >= 0.3 is 5.97 Å². The van der Waals surface area contributed by atoms with Gasteiger partial charge < -0.3 is 14.6 Å². The molecule has 2 unspecified atom stereocenters. The topological polar surface area (TPSA) is 73.6 Å². The number of ether oxygens (including phenoxy) is 2. The highest BCUT2D eigenvalue weighted by atomic mass is 35.5. The van der Waals surface area contributed by atoms with Crippen LogP contribution in [0.5, 0.6) is 5.75 Å². The molecule has 0 radical (unpaired) electrons. The van der Waals surface area contributed by atoms with Gasteiger partial charge in [-0.25, -0.2) is 4.98 Å². The quantitative estimate of drug-likeness (QED) is 0.424. The third-order valence-corrected chi connectivity index (χ3v) is 5.62. The van der Waals surface area contributed by atoms with Crippen molar-refractivity contribution in [2.75, 3.05) is 6.61 Å². The lowest BCUT2D eigenvalue weighted by molar-refractivity contribution is -0.162. The Kier molecular flexibility index (Phi) is 7.50. The molecule has 0 aliphatic carbocycles. The fourth-order valence-corrected chi connectivity index (χ4v) is 3.28. The minimum atomic E-state index is -0.990. The number of carbonyl (C=O) groups is 1. The number of rotatable bonds is 8. The van der Waals surface area contributed by atoms with Crippen LogP contribution in [0.25, 0.3) is 11.1 Å². The van der Waals surface area contributed by atoms with Gasteiger partial charge in [0.05, 0.1) is 18.3 Å². The van der Waals surface area contributed by atoms with Gasteiger partial charge in [-0.15, -0.1) is 0 Å². The van der Waals surface area contributed by atoms with Crippen molar-refractivity contribution in [3.05, 3.63) is 72.3 Å². The Morgan fingerprint density at radius 2 is 1.61 bits per heavy atom. The predicted octanol–water partition coefficient (Wildman–Crippen LogP) is 5.76. The number of esters is 1. The first kappa shape index (κ1) is 24.8. The SMILES string of the molecule is CC(C)(C)C(=O)OCC(C)(C)C(O)C(Oc1ccc(-c2ccc(Cl)cc2)cc1)n1ccnc1. The van der Waals surface area contributed by atoms with Gasteiger partial charge in [0.2, 0.25) is 6.23 Å². The zero-order valence-corrected chi connectivity index (χ0v) is 20.4. The van der Waals surface area contributed by atoms with E-state index < -0.39 is 23.2 Å². The molecule has 33 heavy (non-hydrogen) atoms. The number of carbonyl (C=O) groups excluding carboxylic acids is 1. The maximum atomic E-state index is 12.2. The lowest BCUT2D eigenvalue weighted by atomic mass is 9.86. The van der Waals surface area contributed by atoms with Crippen LogP contribution in [0.3, 0.4) is 0 Å². The Bertz CT molecular complexity index is 1040. The van der Waals surface area contributed by atoms with Crippen LogP contribution in [0.4, 0.5) is 0 Å². The molecule has 1 heterocycles. The van der Waals surface area contributed by atoms with Crippen molar-refractivity contribution in [2.45, 2.75) is 47.0 Å². The zero-order chi connectivity index (χ0) is 24.2. The molecule has 176 valence electrons. The molecular formula is C26H31ClN2O4. The first-order valence-corrected chi connectivity index (χ1v) is 11.2. The van der Waals surface area contributed by atoms with Crippen molar-refractivity contribution in [1.29, 1.82) is 0 Å². The van der Waals surface area contributed by atoms with Crippen LogP contribution in [0.1, 0.15) is 40.8 Å². The van der Waals surface area contributed by atoms with E-state index in [2.05, 4.69) is 4.98 Å². The van der Waals surface area contributed by atoms with E-state index in [1.54, 1.807) is 44.1 Å². The van der Waals surface area contributed by atoms with Gasteiger partial charge in [-0.3, -0.25) is 9.36 Å². The summed E-state index contributed by atoms with van der Waals surface area (Å²) in [7, 11) is 0. The molecule has 1 N–H and O–H groups in total. The lowest BCUT2D eigenvalue weighted by Gasteiger charge is -2.36. The fourth-order valence-electron chi connectivity index (χ4n) is 3.16. The Morgan fingerprint density at radius 3 is 2.12 bits per heavy atom. The number of imidazole rings is 1. The molecule has 7 heteroatoms. The number of hydrogen-bond donors (Lipinski definition) is 1. The Morgan fingerprint density at radius 1 is 1.03 bits per heavy atom. The summed E-state index contributed by atoms with van der Waals surface area (Å²) in [6, 6.07) is 15.2. The molecule has 2 aromatic carbocycles. The standard InChI is InChI=1S/C26H31ClN2O4/c1-25(2,3)24(31)32-16-26(4,5)22(30)23(29-15-14-28-17-29)33-21-12-8-19(9-13-21)18-6-10-20(27)11-7-18/h6-15,17,22-23,30H,16H2,1-5H3. The van der Waals surface area contributed by atoms with Gasteiger partial charge in [0.1, 0.15) is 11.9 Å². The highest BCUT2D eigenvalue weighted by molar-refractivity contribution is 6.30. The summed E-state index contributed by atoms with van der Waals surface area (Å²) in [4.78, 5) is 16.3. The van der Waals surface area contributed by atoms with Crippen LogP contribution in [0.15, 0.2) is 67.3 Å². The highest BCUT2D eigenvalue weighted by Gasteiger charge is 2.39. The van der Waals surface area contributed by atoms with E-state index in [1.807, 2.05) is 62.4 Å². The molecule has 2 atom stereocenters. The molecular weight excluding hydrogens is 440 g/mol. The maximum Gasteiger partial charge on any atom is 0.311 e. The van der Waals surface area contributed by atoms with Crippen molar-refractivity contribution >= 4 is 17.6 Å². The molecule has 0 bridgehead atoms. The van der Waals surface area contributed by atoms with E-state index in [0.717, 1.165) is 11.1 Å². The number of aromatic nitrogens is 2. The van der Waals surface area contributed by atoms with Crippen LogP contribution in [0.2, 0.25) is 5.02 Å². The monoisotopic (exact) mass is 470 g/mol. The number of aliphatic hydroxyl groups excluding tert-OH is 1. The predicted molar refractivity (Wildman–Crippen MR) is 129 cm³/mol. The molecule has 1 aromatic heterocycles. The molecule has 0 aliphatic heterocycles. The van der Waals surface area contributed by atoms with E-state index in [4.69, 9.17) is 21.1 Å². The van der Waals surface area contributed by atoms with Crippen LogP contribution in [0, 0.1) is 10.8 Å². The first-order chi connectivity index (χ1) is 15.5. The molecule has 0 fully saturated rings. The third kappa shape index (κ3) is 6.36. The van der Waals surface area contributed by atoms with Gasteiger partial charge in [0.25, 0.3) is 0 Å². The highest BCUT2D eigenvalue weighted by Crippen LogP contribution is 2.33. The molecule has 6 nitrogen and oxygen atoms in total. The van der Waals surface area contributed by atoms with Crippen molar-refractivity contribution in [3.63, 3.8) is 0 Å². The van der Waals surface area contributed by atoms with E-state index in [9.17, 15) is 9.90 Å². The molecule has 3 rings (SSSR count). The van der Waals surface area contributed by atoms with E-state index >= 15 is 0 Å². The molecule has 0 saturated carbocycles. The second kappa shape index (κ2) is 9.98. The van der Waals surface area contributed by atoms with Crippen molar-refractivity contribution < 1.29 is 19.4 Å². The Balaban J connectivity index is 1.77. The minimum absolute atomic E-state index is 0.0499. The Hall–Kier alpha value is -2.83. The van der Waals surface area contributed by atoms with Crippen molar-refractivity contribution in [1.82, 2.24) is 9.55 Å². The fraction of sp³-hybridized carbons (Fsp3) is 0.385. The van der Waals surface area contributed by atoms with Crippen LogP contribution >= 0.6 is 11.6 Å². The average molecular weight is 471 g/mol. The largest absolute Gasteiger partial charge is 0.467 e. The van der Waals surface area contributed by atoms with Gasteiger partial charge in [0.15, 0.2) is 0 Å². The van der Waals surface area contributed by atoms with Crippen LogP contribution in [-0.2, 0) is 9.53 Å². The number of nitrogens with zero attached hydrogens (tertiary/aromatic N) is 2. The summed E-state index contributed by atoms with van der Waals surface area (Å²) in [6.07, 6.45) is 3.19. The summed E-state index contributed by atoms with van der Waals surface area (Å²) >= 11 is 5.98. The number of benzene rings is 2. The van der Waals surface area contributed by atoms with Gasteiger partial charge in [-0.1, -0.05) is 49.7 Å². The number of hydrogen-bond acceptors (Lipinski definition) is 5. The Labute approximate surface area is 200 Å². The summed E-state index contributed by atoms with van der Waals surface area (Å²) in [5.41, 5.74) is 0.666. The zero-order valence-electron chi connectivity index (χ0n) is 19.7. The number of aliphatic hydroxyl groups is 1. The first-order valence-electron chi connectivity index (χ1n) is 10.8. The van der Waals surface area contributed by atoms with E-state index in [-0.39, 0.29) is 12.6 Å². The third-order valence-electron chi connectivity index (χ3n) is 5.37. The molecule has 0 saturated heterocycles. The smallest absolute Gasteiger partial charge is 0.311 e. The summed E-state index contributed by atoms with van der Waals surface area (Å²) in [6.45, 7) is 9.11. The summed E-state index contributed by atoms with van der Waals surface area (Å²) in [5, 5.41) is 12.0. The maximum absolute atomic E-state index is 12.2. The van der Waals surface area contributed by atoms with Crippen molar-refractivity contribution in [3.8, 4) is 16.9 Å². The molecule has 0 spiro atoms. The van der Waals surface area contributed by atoms with Gasteiger partial charge in [0, 0.05) is 22.8 Å². The molecule has 0 amide bonds. The second-order valence-corrected chi connectivity index (χ2v) is 10.2. The second-order valence-electron chi connectivity index (χ2n) is 9.81.